The Hall–Kier alpha value is -3.57. The van der Waals surface area contributed by atoms with Crippen molar-refractivity contribution in [2.24, 2.45) is 0 Å². The van der Waals surface area contributed by atoms with Gasteiger partial charge in [-0.2, -0.15) is 13.2 Å². The Morgan fingerprint density at radius 3 is 2.32 bits per heavy atom. The molecule has 0 heterocycles. The minimum Gasteiger partial charge on any atom is -0.482 e. The van der Waals surface area contributed by atoms with Gasteiger partial charge in [0.2, 0.25) is 10.0 Å². The summed E-state index contributed by atoms with van der Waals surface area (Å²) in [5.41, 5.74) is 2.01. The van der Waals surface area contributed by atoms with E-state index in [0.29, 0.717) is 11.6 Å². The molecule has 1 aliphatic carbocycles. The summed E-state index contributed by atoms with van der Waals surface area (Å²) >= 11 is 0. The zero-order valence-corrected chi connectivity index (χ0v) is 21.7. The number of hydrogen-bond donors (Lipinski definition) is 2. The molecule has 0 saturated carbocycles. The number of para-hydroxylation sites is 1. The summed E-state index contributed by atoms with van der Waals surface area (Å²) in [7, 11) is -2.86. The number of carboxylic acid groups (broad SMARTS) is 1. The molecule has 38 heavy (non-hydrogen) atoms. The molecule has 7 nitrogen and oxygen atoms in total. The summed E-state index contributed by atoms with van der Waals surface area (Å²) in [6, 6.07) is 15.1. The quantitative estimate of drug-likeness (QED) is 0.388. The lowest BCUT2D eigenvalue weighted by Crippen LogP contribution is -2.19. The molecule has 4 rings (SSSR count). The lowest BCUT2D eigenvalue weighted by molar-refractivity contribution is -0.140. The van der Waals surface area contributed by atoms with Crippen molar-refractivity contribution >= 4 is 16.0 Å². The van der Waals surface area contributed by atoms with E-state index in [0.717, 1.165) is 37.8 Å². The van der Waals surface area contributed by atoms with Gasteiger partial charge in [0, 0.05) is 0 Å². The third-order valence-electron chi connectivity index (χ3n) is 5.85. The number of carbonyl (C=O) groups is 1. The van der Waals surface area contributed by atoms with Crippen molar-refractivity contribution in [3.63, 3.8) is 0 Å². The van der Waals surface area contributed by atoms with Crippen LogP contribution in [-0.2, 0) is 33.8 Å². The van der Waals surface area contributed by atoms with E-state index in [1.165, 1.54) is 30.0 Å². The third-order valence-corrected chi connectivity index (χ3v) is 7.27. The fraction of sp³-hybridized carbons (Fsp3) is 0.296. The van der Waals surface area contributed by atoms with Gasteiger partial charge >= 0.3 is 12.1 Å². The summed E-state index contributed by atoms with van der Waals surface area (Å²) in [5, 5.41) is 8.55. The van der Waals surface area contributed by atoms with Gasteiger partial charge in [-0.1, -0.05) is 30.3 Å². The van der Waals surface area contributed by atoms with Crippen molar-refractivity contribution in [2.75, 3.05) is 13.7 Å². The van der Waals surface area contributed by atoms with Crippen LogP contribution >= 0.6 is 0 Å². The predicted molar refractivity (Wildman–Crippen MR) is 135 cm³/mol. The van der Waals surface area contributed by atoms with E-state index in [-0.39, 0.29) is 12.4 Å². The van der Waals surface area contributed by atoms with Gasteiger partial charge in [0.05, 0.1) is 10.5 Å². The molecule has 2 N–H and O–H groups in total. The van der Waals surface area contributed by atoms with Gasteiger partial charge in [-0.05, 0) is 86.7 Å². The molecule has 3 aromatic rings. The fourth-order valence-corrected chi connectivity index (χ4v) is 4.67. The van der Waals surface area contributed by atoms with E-state index in [1.54, 1.807) is 25.1 Å². The van der Waals surface area contributed by atoms with Crippen molar-refractivity contribution < 1.29 is 41.0 Å². The van der Waals surface area contributed by atoms with Crippen LogP contribution in [0.25, 0.3) is 0 Å². The number of sulfonamides is 1. The summed E-state index contributed by atoms with van der Waals surface area (Å²) in [5.74, 6) is -0.373. The van der Waals surface area contributed by atoms with Crippen molar-refractivity contribution in [3.8, 4) is 17.2 Å². The van der Waals surface area contributed by atoms with Crippen molar-refractivity contribution in [3.05, 3.63) is 82.9 Å². The molecule has 11 heteroatoms. The Morgan fingerprint density at radius 1 is 0.974 bits per heavy atom. The highest BCUT2D eigenvalue weighted by Crippen LogP contribution is 2.40. The zero-order valence-electron chi connectivity index (χ0n) is 20.8. The summed E-state index contributed by atoms with van der Waals surface area (Å²) in [4.78, 5) is 9.93. The first kappa shape index (κ1) is 29.0. The predicted octanol–water partition coefficient (Wildman–Crippen LogP) is 5.74. The van der Waals surface area contributed by atoms with E-state index in [1.807, 2.05) is 16.9 Å². The van der Waals surface area contributed by atoms with Crippen LogP contribution in [-0.4, -0.2) is 33.1 Å². The highest BCUT2D eigenvalue weighted by atomic mass is 32.2. The number of alkyl halides is 3. The summed E-state index contributed by atoms with van der Waals surface area (Å²) in [6.45, 7) is 1.44. The second-order valence-electron chi connectivity index (χ2n) is 8.51. The maximum atomic E-state index is 13.2. The molecule has 0 aliphatic heterocycles. The lowest BCUT2D eigenvalue weighted by atomic mass is 9.91. The SMILES string of the molecule is CNS(=O)(=O)c1ccc(Oc2ccccc2C)c(C(F)(F)F)c1.O=C(O)COc1cccc2c1CCCC2. The molecule has 0 fully saturated rings. The molecule has 0 aromatic heterocycles. The van der Waals surface area contributed by atoms with Gasteiger partial charge in [0.25, 0.3) is 0 Å². The summed E-state index contributed by atoms with van der Waals surface area (Å²) < 4.78 is 75.6. The van der Waals surface area contributed by atoms with Crippen LogP contribution in [0.1, 0.15) is 35.1 Å². The average molecular weight is 552 g/mol. The highest BCUT2D eigenvalue weighted by molar-refractivity contribution is 7.89. The van der Waals surface area contributed by atoms with Gasteiger partial charge in [-0.3, -0.25) is 0 Å². The molecule has 1 aliphatic rings. The number of halogens is 3. The number of aliphatic carboxylic acids is 1. The van der Waals surface area contributed by atoms with Crippen LogP contribution < -0.4 is 14.2 Å². The van der Waals surface area contributed by atoms with Gasteiger partial charge < -0.3 is 14.6 Å². The normalized spacial score (nSPS) is 13.1. The number of carboxylic acids is 1. The third kappa shape index (κ3) is 7.48. The number of nitrogens with one attached hydrogen (secondary N) is 1. The van der Waals surface area contributed by atoms with E-state index < -0.39 is 38.4 Å². The maximum Gasteiger partial charge on any atom is 0.420 e. The van der Waals surface area contributed by atoms with Crippen molar-refractivity contribution in [1.29, 1.82) is 0 Å². The standard InChI is InChI=1S/C15H14F3NO3S.C12H14O3/c1-10-5-3-4-6-13(10)22-14-8-7-11(23(20,21)19-2)9-12(14)15(16,17)18;13-12(14)8-15-11-7-3-5-9-4-1-2-6-10(9)11/h3-9,19H,1-2H3;3,5,7H,1-2,4,6,8H2,(H,13,14). The Labute approximate surface area is 219 Å². The zero-order chi connectivity index (χ0) is 27.9. The fourth-order valence-electron chi connectivity index (χ4n) is 3.92. The topological polar surface area (TPSA) is 102 Å². The molecule has 0 spiro atoms. The van der Waals surface area contributed by atoms with Crippen LogP contribution in [0, 0.1) is 6.92 Å². The number of rotatable bonds is 7. The molecular formula is C27H28F3NO6S. The van der Waals surface area contributed by atoms with E-state index in [9.17, 15) is 26.4 Å². The van der Waals surface area contributed by atoms with Gasteiger partial charge in [0.15, 0.2) is 6.61 Å². The van der Waals surface area contributed by atoms with E-state index in [4.69, 9.17) is 14.6 Å². The van der Waals surface area contributed by atoms with Gasteiger partial charge in [-0.25, -0.2) is 17.9 Å². The molecule has 204 valence electrons. The number of aryl methyl sites for hydroxylation is 2. The Balaban J connectivity index is 0.000000230. The van der Waals surface area contributed by atoms with Crippen LogP contribution in [0.15, 0.2) is 65.6 Å². The molecule has 0 saturated heterocycles. The van der Waals surface area contributed by atoms with Crippen molar-refractivity contribution in [2.45, 2.75) is 43.7 Å². The lowest BCUT2D eigenvalue weighted by Gasteiger charge is -2.18. The average Bonchev–Trinajstić information content (AvgIpc) is 2.88. The minimum atomic E-state index is -4.75. The van der Waals surface area contributed by atoms with E-state index in [2.05, 4.69) is 6.07 Å². The number of benzene rings is 3. The maximum absolute atomic E-state index is 13.2. The first-order valence-corrected chi connectivity index (χ1v) is 13.2. The Kier molecular flexibility index (Phi) is 9.40. The molecular weight excluding hydrogens is 523 g/mol. The smallest absolute Gasteiger partial charge is 0.420 e. The Morgan fingerprint density at radius 2 is 1.66 bits per heavy atom. The van der Waals surface area contributed by atoms with Crippen LogP contribution in [0.2, 0.25) is 0 Å². The monoisotopic (exact) mass is 551 g/mol. The van der Waals surface area contributed by atoms with Crippen molar-refractivity contribution in [1.82, 2.24) is 4.72 Å². The molecule has 0 unspecified atom stereocenters. The Bertz CT molecular complexity index is 1390. The first-order chi connectivity index (χ1) is 17.9. The molecule has 0 radical (unpaired) electrons. The van der Waals surface area contributed by atoms with E-state index >= 15 is 0 Å². The molecule has 0 bridgehead atoms. The highest BCUT2D eigenvalue weighted by Gasteiger charge is 2.36. The first-order valence-electron chi connectivity index (χ1n) is 11.8. The number of hydrogen-bond acceptors (Lipinski definition) is 5. The second kappa shape index (κ2) is 12.3. The van der Waals surface area contributed by atoms with Crippen LogP contribution in [0.4, 0.5) is 13.2 Å². The molecule has 0 amide bonds. The minimum absolute atomic E-state index is 0.254. The van der Waals surface area contributed by atoms with Crippen LogP contribution in [0.5, 0.6) is 17.2 Å². The van der Waals surface area contributed by atoms with Crippen LogP contribution in [0.3, 0.4) is 0 Å². The summed E-state index contributed by atoms with van der Waals surface area (Å²) in [6.07, 6.45) is -0.280. The number of fused-ring (bicyclic) bond motifs is 1. The number of ether oxygens (including phenoxy) is 2. The molecule has 0 atom stereocenters. The molecule has 3 aromatic carbocycles. The van der Waals surface area contributed by atoms with Gasteiger partial charge in [0.1, 0.15) is 17.2 Å². The van der Waals surface area contributed by atoms with Gasteiger partial charge in [-0.15, -0.1) is 0 Å². The second-order valence-corrected chi connectivity index (χ2v) is 10.4. The largest absolute Gasteiger partial charge is 0.482 e.